The van der Waals surface area contributed by atoms with E-state index in [1.165, 1.54) is 23.9 Å². The van der Waals surface area contributed by atoms with Crippen LogP contribution >= 0.6 is 11.8 Å². The summed E-state index contributed by atoms with van der Waals surface area (Å²) in [6.07, 6.45) is 1.83. The van der Waals surface area contributed by atoms with Crippen molar-refractivity contribution in [2.45, 2.75) is 27.4 Å². The molecule has 0 aliphatic carbocycles. The molecule has 8 nitrogen and oxygen atoms in total. The minimum Gasteiger partial charge on any atom is -0.490 e. The lowest BCUT2D eigenvalue weighted by molar-refractivity contribution is -0.384. The summed E-state index contributed by atoms with van der Waals surface area (Å²) in [4.78, 5) is 30.4. The number of thioether (sulfide) groups is 1. The summed E-state index contributed by atoms with van der Waals surface area (Å²) in [7, 11) is 0. The first kappa shape index (κ1) is 26.0. The highest BCUT2D eigenvalue weighted by Crippen LogP contribution is 2.36. The van der Waals surface area contributed by atoms with E-state index in [-0.39, 0.29) is 18.2 Å². The number of rotatable bonds is 9. The van der Waals surface area contributed by atoms with Crippen molar-refractivity contribution in [3.8, 4) is 11.5 Å². The standard InChI is InChI=1S/C28H27N3O5S/c1-4-30-27(32)26(37-28(30)29-22-11-6-19(3)7-12-22)17-21-10-15-24(25(16-21)35-5-2)36-18-20-8-13-23(14-9-20)31(33)34/h6-17H,4-5,18H2,1-3H3/b26-17+,29-28?. The number of ether oxygens (including phenoxy) is 2. The van der Waals surface area contributed by atoms with Gasteiger partial charge in [0, 0.05) is 18.7 Å². The summed E-state index contributed by atoms with van der Waals surface area (Å²) in [6.45, 7) is 7.03. The number of aliphatic imine (C=N–C) groups is 1. The van der Waals surface area contributed by atoms with Crippen LogP contribution in [-0.4, -0.2) is 34.0 Å². The van der Waals surface area contributed by atoms with E-state index in [0.717, 1.165) is 22.4 Å². The first-order valence-electron chi connectivity index (χ1n) is 11.9. The van der Waals surface area contributed by atoms with Crippen molar-refractivity contribution in [1.29, 1.82) is 0 Å². The molecular weight excluding hydrogens is 490 g/mol. The number of aryl methyl sites for hydroxylation is 1. The van der Waals surface area contributed by atoms with Gasteiger partial charge in [-0.2, -0.15) is 0 Å². The van der Waals surface area contributed by atoms with Crippen molar-refractivity contribution in [1.82, 2.24) is 4.90 Å². The van der Waals surface area contributed by atoms with Gasteiger partial charge in [-0.3, -0.25) is 19.8 Å². The van der Waals surface area contributed by atoms with Gasteiger partial charge in [0.05, 0.1) is 22.1 Å². The lowest BCUT2D eigenvalue weighted by atomic mass is 10.1. The van der Waals surface area contributed by atoms with Crippen molar-refractivity contribution < 1.29 is 19.2 Å². The maximum Gasteiger partial charge on any atom is 0.269 e. The molecule has 0 radical (unpaired) electrons. The van der Waals surface area contributed by atoms with Crippen molar-refractivity contribution in [3.05, 3.63) is 98.4 Å². The van der Waals surface area contributed by atoms with Crippen molar-refractivity contribution in [2.24, 2.45) is 4.99 Å². The number of nitrogens with zero attached hydrogens (tertiary/aromatic N) is 3. The topological polar surface area (TPSA) is 94.3 Å². The number of hydrogen-bond donors (Lipinski definition) is 0. The van der Waals surface area contributed by atoms with Crippen LogP contribution in [0, 0.1) is 17.0 Å². The maximum atomic E-state index is 13.1. The molecule has 4 rings (SSSR count). The van der Waals surface area contributed by atoms with Gasteiger partial charge in [-0.25, -0.2) is 4.99 Å². The fourth-order valence-corrected chi connectivity index (χ4v) is 4.69. The molecular formula is C28H27N3O5S. The Hall–Kier alpha value is -4.11. The van der Waals surface area contributed by atoms with E-state index in [1.807, 2.05) is 63.2 Å². The average molecular weight is 518 g/mol. The minimum atomic E-state index is -0.435. The molecule has 190 valence electrons. The predicted molar refractivity (Wildman–Crippen MR) is 146 cm³/mol. The molecule has 1 aliphatic heterocycles. The average Bonchev–Trinajstić information content (AvgIpc) is 3.18. The quantitative estimate of drug-likeness (QED) is 0.183. The van der Waals surface area contributed by atoms with E-state index >= 15 is 0 Å². The van der Waals surface area contributed by atoms with Crippen LogP contribution in [0.1, 0.15) is 30.5 Å². The van der Waals surface area contributed by atoms with Gasteiger partial charge in [0.15, 0.2) is 16.7 Å². The highest BCUT2D eigenvalue weighted by molar-refractivity contribution is 8.18. The third kappa shape index (κ3) is 6.37. The third-order valence-corrected chi connectivity index (χ3v) is 6.58. The Balaban J connectivity index is 1.53. The Morgan fingerprint density at radius 3 is 2.38 bits per heavy atom. The second kappa shape index (κ2) is 11.7. The molecule has 0 N–H and O–H groups in total. The van der Waals surface area contributed by atoms with Gasteiger partial charge in [0.25, 0.3) is 11.6 Å². The van der Waals surface area contributed by atoms with Crippen LogP contribution in [0.25, 0.3) is 6.08 Å². The molecule has 3 aromatic carbocycles. The van der Waals surface area contributed by atoms with Gasteiger partial charge in [0.1, 0.15) is 6.61 Å². The highest BCUT2D eigenvalue weighted by Gasteiger charge is 2.32. The number of non-ortho nitro benzene ring substituents is 1. The monoisotopic (exact) mass is 517 g/mol. The lowest BCUT2D eigenvalue weighted by Crippen LogP contribution is -2.28. The van der Waals surface area contributed by atoms with E-state index in [4.69, 9.17) is 9.47 Å². The first-order valence-corrected chi connectivity index (χ1v) is 12.7. The number of amidine groups is 1. The van der Waals surface area contributed by atoms with E-state index in [0.29, 0.717) is 34.7 Å². The summed E-state index contributed by atoms with van der Waals surface area (Å²) >= 11 is 1.35. The molecule has 0 bridgehead atoms. The Morgan fingerprint density at radius 1 is 1.00 bits per heavy atom. The summed E-state index contributed by atoms with van der Waals surface area (Å²) < 4.78 is 11.7. The smallest absolute Gasteiger partial charge is 0.269 e. The SMILES string of the molecule is CCOc1cc(/C=C2/SC(=Nc3ccc(C)cc3)N(CC)C2=O)ccc1OCc1ccc([N+](=O)[O-])cc1. The Kier molecular flexibility index (Phi) is 8.25. The van der Waals surface area contributed by atoms with Crippen LogP contribution in [0.4, 0.5) is 11.4 Å². The number of hydrogen-bond acceptors (Lipinski definition) is 7. The molecule has 1 amide bonds. The third-order valence-electron chi connectivity index (χ3n) is 5.57. The summed E-state index contributed by atoms with van der Waals surface area (Å²) in [5.41, 5.74) is 3.58. The van der Waals surface area contributed by atoms with Crippen LogP contribution < -0.4 is 9.47 Å². The van der Waals surface area contributed by atoms with Crippen LogP contribution in [0.15, 0.2) is 76.6 Å². The van der Waals surface area contributed by atoms with Gasteiger partial charge in [-0.15, -0.1) is 0 Å². The number of nitro benzene ring substituents is 1. The van der Waals surface area contributed by atoms with Gasteiger partial charge in [-0.05, 0) is 86.1 Å². The molecule has 0 aromatic heterocycles. The van der Waals surface area contributed by atoms with Crippen LogP contribution in [-0.2, 0) is 11.4 Å². The van der Waals surface area contributed by atoms with E-state index in [9.17, 15) is 14.9 Å². The maximum absolute atomic E-state index is 13.1. The molecule has 1 heterocycles. The van der Waals surface area contributed by atoms with Gasteiger partial charge in [0.2, 0.25) is 0 Å². The van der Waals surface area contributed by atoms with Gasteiger partial charge >= 0.3 is 0 Å². The van der Waals surface area contributed by atoms with E-state index in [2.05, 4.69) is 4.99 Å². The van der Waals surface area contributed by atoms with Crippen molar-refractivity contribution in [2.75, 3.05) is 13.2 Å². The summed E-state index contributed by atoms with van der Waals surface area (Å²) in [5, 5.41) is 11.5. The van der Waals surface area contributed by atoms with Gasteiger partial charge < -0.3 is 9.47 Å². The van der Waals surface area contributed by atoms with Gasteiger partial charge in [-0.1, -0.05) is 23.8 Å². The number of carbonyl (C=O) groups is 1. The fourth-order valence-electron chi connectivity index (χ4n) is 3.63. The lowest BCUT2D eigenvalue weighted by Gasteiger charge is -2.13. The Bertz CT molecular complexity index is 1350. The van der Waals surface area contributed by atoms with Crippen LogP contribution in [0.5, 0.6) is 11.5 Å². The van der Waals surface area contributed by atoms with Crippen LogP contribution in [0.2, 0.25) is 0 Å². The Morgan fingerprint density at radius 2 is 1.73 bits per heavy atom. The number of likely N-dealkylation sites (N-methyl/N-ethyl adjacent to an activating group) is 1. The zero-order chi connectivity index (χ0) is 26.4. The van der Waals surface area contributed by atoms with E-state index < -0.39 is 4.92 Å². The second-order valence-electron chi connectivity index (χ2n) is 8.24. The first-order chi connectivity index (χ1) is 17.9. The highest BCUT2D eigenvalue weighted by atomic mass is 32.2. The number of carbonyl (C=O) groups excluding carboxylic acids is 1. The molecule has 0 saturated carbocycles. The molecule has 0 spiro atoms. The molecule has 3 aromatic rings. The summed E-state index contributed by atoms with van der Waals surface area (Å²) in [6, 6.07) is 19.6. The minimum absolute atomic E-state index is 0.0316. The zero-order valence-electron chi connectivity index (χ0n) is 20.8. The number of nitro groups is 1. The molecule has 0 unspecified atom stereocenters. The number of amides is 1. The van der Waals surface area contributed by atoms with E-state index in [1.54, 1.807) is 23.1 Å². The molecule has 1 fully saturated rings. The predicted octanol–water partition coefficient (Wildman–Crippen LogP) is 6.50. The van der Waals surface area contributed by atoms with Crippen molar-refractivity contribution >= 4 is 40.3 Å². The number of benzene rings is 3. The molecule has 9 heteroatoms. The normalized spacial score (nSPS) is 15.4. The van der Waals surface area contributed by atoms with Crippen molar-refractivity contribution in [3.63, 3.8) is 0 Å². The fraction of sp³-hybridized carbons (Fsp3) is 0.214. The molecule has 1 saturated heterocycles. The second-order valence-corrected chi connectivity index (χ2v) is 9.25. The molecule has 1 aliphatic rings. The molecule has 37 heavy (non-hydrogen) atoms. The molecule has 0 atom stereocenters. The van der Waals surface area contributed by atoms with Crippen LogP contribution in [0.3, 0.4) is 0 Å². The largest absolute Gasteiger partial charge is 0.490 e. The summed E-state index contributed by atoms with van der Waals surface area (Å²) in [5.74, 6) is 1.01. The Labute approximate surface area is 219 Å². The zero-order valence-corrected chi connectivity index (χ0v) is 21.7.